The summed E-state index contributed by atoms with van der Waals surface area (Å²) in [7, 11) is 2.91. The Bertz CT molecular complexity index is 719. The summed E-state index contributed by atoms with van der Waals surface area (Å²) in [5.74, 6) is -2.49. The van der Waals surface area contributed by atoms with Crippen molar-refractivity contribution in [1.82, 2.24) is 0 Å². The molecule has 128 valence electrons. The molecule has 1 aromatic carbocycles. The minimum Gasteiger partial charge on any atom is -0.495 e. The zero-order chi connectivity index (χ0) is 17.4. The summed E-state index contributed by atoms with van der Waals surface area (Å²) in [6, 6.07) is 3.04. The summed E-state index contributed by atoms with van der Waals surface area (Å²) in [5, 5.41) is 12.4. The van der Waals surface area contributed by atoms with Crippen LogP contribution in [0.2, 0.25) is 5.02 Å². The van der Waals surface area contributed by atoms with Crippen LogP contribution in [0.25, 0.3) is 0 Å². The molecule has 4 atom stereocenters. The van der Waals surface area contributed by atoms with E-state index in [0.717, 1.165) is 0 Å². The first-order valence-corrected chi connectivity index (χ1v) is 7.63. The Labute approximate surface area is 143 Å². The minimum atomic E-state index is -1.06. The van der Waals surface area contributed by atoms with Gasteiger partial charge in [-0.05, 0) is 6.07 Å². The smallest absolute Gasteiger partial charge is 0.310 e. The number of carboxylic acid groups (broad SMARTS) is 1. The number of hydrogen-bond acceptors (Lipinski definition) is 5. The number of nitrogens with one attached hydrogen (secondary N) is 1. The number of hydrogen-bond donors (Lipinski definition) is 2. The molecule has 1 fully saturated rings. The van der Waals surface area contributed by atoms with Crippen LogP contribution in [0.1, 0.15) is 0 Å². The first-order chi connectivity index (χ1) is 11.5. The summed E-state index contributed by atoms with van der Waals surface area (Å²) >= 11 is 6.08. The van der Waals surface area contributed by atoms with Gasteiger partial charge in [0.15, 0.2) is 0 Å². The zero-order valence-electron chi connectivity index (χ0n) is 13.0. The Hall–Kier alpha value is -2.25. The third-order valence-electron chi connectivity index (χ3n) is 4.22. The Morgan fingerprint density at radius 1 is 1.12 bits per heavy atom. The van der Waals surface area contributed by atoms with E-state index in [4.69, 9.17) is 25.8 Å². The molecule has 0 saturated carbocycles. The number of aliphatic carboxylic acids is 1. The van der Waals surface area contributed by atoms with Crippen LogP contribution in [0.3, 0.4) is 0 Å². The summed E-state index contributed by atoms with van der Waals surface area (Å²) in [4.78, 5) is 24.1. The molecule has 2 aliphatic heterocycles. The molecule has 1 aromatic rings. The number of rotatable bonds is 5. The number of carbonyl (C=O) groups is 2. The number of carbonyl (C=O) groups excluding carboxylic acids is 1. The second-order valence-electron chi connectivity index (χ2n) is 5.52. The molecule has 0 radical (unpaired) electrons. The number of fused-ring (bicyclic) bond motifs is 2. The number of amides is 1. The van der Waals surface area contributed by atoms with E-state index in [0.29, 0.717) is 22.2 Å². The van der Waals surface area contributed by atoms with E-state index in [1.54, 1.807) is 18.2 Å². The molecule has 8 heteroatoms. The maximum absolute atomic E-state index is 12.6. The van der Waals surface area contributed by atoms with Crippen LogP contribution >= 0.6 is 11.6 Å². The first-order valence-electron chi connectivity index (χ1n) is 7.25. The third-order valence-corrected chi connectivity index (χ3v) is 4.51. The van der Waals surface area contributed by atoms with Gasteiger partial charge in [0, 0.05) is 6.07 Å². The Balaban J connectivity index is 1.86. The number of ether oxygens (including phenoxy) is 3. The van der Waals surface area contributed by atoms with Crippen molar-refractivity contribution in [3.8, 4) is 11.5 Å². The van der Waals surface area contributed by atoms with Crippen LogP contribution in [-0.4, -0.2) is 43.4 Å². The lowest BCUT2D eigenvalue weighted by molar-refractivity contribution is -0.145. The standard InChI is InChI=1S/C16H16ClNO6/c1-22-11-6-12(23-2)8(5-7(11)17)18-15(19)13-9-3-4-10(24-9)14(13)16(20)21/h3-6,9-10,13-14H,1-2H3,(H,18,19)(H,20,21)/t9-,10+,13-,14-/m0/s1. The van der Waals surface area contributed by atoms with Crippen LogP contribution in [0.15, 0.2) is 24.3 Å². The lowest BCUT2D eigenvalue weighted by atomic mass is 9.82. The van der Waals surface area contributed by atoms with Crippen molar-refractivity contribution < 1.29 is 28.9 Å². The maximum Gasteiger partial charge on any atom is 0.310 e. The van der Waals surface area contributed by atoms with E-state index in [2.05, 4.69) is 5.32 Å². The molecule has 0 aliphatic carbocycles. The normalized spacial score (nSPS) is 27.1. The highest BCUT2D eigenvalue weighted by atomic mass is 35.5. The molecule has 2 bridgehead atoms. The maximum atomic E-state index is 12.6. The van der Waals surface area contributed by atoms with Gasteiger partial charge in [-0.25, -0.2) is 0 Å². The molecular formula is C16H16ClNO6. The quantitative estimate of drug-likeness (QED) is 0.786. The summed E-state index contributed by atoms with van der Waals surface area (Å²) in [5.41, 5.74) is 0.337. The van der Waals surface area contributed by atoms with Crippen molar-refractivity contribution >= 4 is 29.2 Å². The van der Waals surface area contributed by atoms with Crippen molar-refractivity contribution in [2.24, 2.45) is 11.8 Å². The van der Waals surface area contributed by atoms with Crippen LogP contribution in [-0.2, 0) is 14.3 Å². The molecular weight excluding hydrogens is 338 g/mol. The summed E-state index contributed by atoms with van der Waals surface area (Å²) in [6.45, 7) is 0. The molecule has 0 unspecified atom stereocenters. The fourth-order valence-electron chi connectivity index (χ4n) is 3.09. The van der Waals surface area contributed by atoms with Gasteiger partial charge in [0.2, 0.25) is 5.91 Å². The van der Waals surface area contributed by atoms with Crippen molar-refractivity contribution in [1.29, 1.82) is 0 Å². The average Bonchev–Trinajstić information content (AvgIpc) is 3.16. The number of halogens is 1. The molecule has 2 aliphatic rings. The van der Waals surface area contributed by atoms with Gasteiger partial charge in [0.1, 0.15) is 17.4 Å². The lowest BCUT2D eigenvalue weighted by Crippen LogP contribution is -2.39. The second-order valence-corrected chi connectivity index (χ2v) is 5.92. The van der Waals surface area contributed by atoms with Gasteiger partial charge in [0.05, 0.1) is 43.1 Å². The van der Waals surface area contributed by atoms with Crippen molar-refractivity contribution in [2.75, 3.05) is 19.5 Å². The number of methoxy groups -OCH3 is 2. The third kappa shape index (κ3) is 2.70. The van der Waals surface area contributed by atoms with Gasteiger partial charge in [0.25, 0.3) is 0 Å². The molecule has 0 aromatic heterocycles. The van der Waals surface area contributed by atoms with Gasteiger partial charge in [-0.1, -0.05) is 23.8 Å². The zero-order valence-corrected chi connectivity index (χ0v) is 13.7. The predicted octanol–water partition coefficient (Wildman–Crippen LogP) is 1.95. The van der Waals surface area contributed by atoms with E-state index in [1.807, 2.05) is 0 Å². The van der Waals surface area contributed by atoms with Gasteiger partial charge < -0.3 is 24.6 Å². The Morgan fingerprint density at radius 2 is 1.75 bits per heavy atom. The highest BCUT2D eigenvalue weighted by Gasteiger charge is 2.53. The molecule has 1 amide bonds. The topological polar surface area (TPSA) is 94.1 Å². The lowest BCUT2D eigenvalue weighted by Gasteiger charge is -2.22. The summed E-state index contributed by atoms with van der Waals surface area (Å²) < 4.78 is 15.8. The monoisotopic (exact) mass is 353 g/mol. The molecule has 2 N–H and O–H groups in total. The van der Waals surface area contributed by atoms with E-state index < -0.39 is 35.9 Å². The number of benzene rings is 1. The molecule has 2 heterocycles. The molecule has 7 nitrogen and oxygen atoms in total. The fraction of sp³-hybridized carbons (Fsp3) is 0.375. The van der Waals surface area contributed by atoms with Crippen LogP contribution in [0.4, 0.5) is 5.69 Å². The molecule has 1 saturated heterocycles. The Morgan fingerprint density at radius 3 is 2.33 bits per heavy atom. The van der Waals surface area contributed by atoms with Crippen molar-refractivity contribution in [2.45, 2.75) is 12.2 Å². The van der Waals surface area contributed by atoms with E-state index in [9.17, 15) is 14.7 Å². The van der Waals surface area contributed by atoms with Gasteiger partial charge in [-0.15, -0.1) is 0 Å². The van der Waals surface area contributed by atoms with Crippen molar-refractivity contribution in [3.05, 3.63) is 29.3 Å². The largest absolute Gasteiger partial charge is 0.495 e. The molecule has 0 spiro atoms. The van der Waals surface area contributed by atoms with E-state index in [1.165, 1.54) is 20.3 Å². The highest BCUT2D eigenvalue weighted by molar-refractivity contribution is 6.32. The van der Waals surface area contributed by atoms with E-state index >= 15 is 0 Å². The van der Waals surface area contributed by atoms with Crippen LogP contribution < -0.4 is 14.8 Å². The second kappa shape index (κ2) is 6.33. The molecule has 24 heavy (non-hydrogen) atoms. The predicted molar refractivity (Wildman–Crippen MR) is 85.6 cm³/mol. The SMILES string of the molecule is COc1cc(OC)c(NC(=O)[C@@H]2[C@@H](C(=O)O)[C@H]3C=C[C@@H]2O3)cc1Cl. The number of carboxylic acids is 1. The summed E-state index contributed by atoms with van der Waals surface area (Å²) in [6.07, 6.45) is 2.27. The fourth-order valence-corrected chi connectivity index (χ4v) is 3.33. The molecule has 3 rings (SSSR count). The van der Waals surface area contributed by atoms with Crippen molar-refractivity contribution in [3.63, 3.8) is 0 Å². The van der Waals surface area contributed by atoms with Gasteiger partial charge >= 0.3 is 5.97 Å². The van der Waals surface area contributed by atoms with Gasteiger partial charge in [-0.3, -0.25) is 9.59 Å². The van der Waals surface area contributed by atoms with E-state index in [-0.39, 0.29) is 0 Å². The number of anilines is 1. The van der Waals surface area contributed by atoms with Crippen LogP contribution in [0.5, 0.6) is 11.5 Å². The first kappa shape index (κ1) is 16.6. The van der Waals surface area contributed by atoms with Gasteiger partial charge in [-0.2, -0.15) is 0 Å². The highest BCUT2D eigenvalue weighted by Crippen LogP contribution is 2.41. The average molecular weight is 354 g/mol. The minimum absolute atomic E-state index is 0.299. The van der Waals surface area contributed by atoms with Crippen LogP contribution in [0, 0.1) is 11.8 Å². The Kier molecular flexibility index (Phi) is 4.38.